The molecule has 0 aromatic heterocycles. The SMILES string of the molecule is CN(C)C(=O)C(Oc1ccc(N2C(N)=NC(N)=NC2(C)C)cc1Cl)c1ccccc1. The van der Waals surface area contributed by atoms with Crippen molar-refractivity contribution in [2.45, 2.75) is 25.6 Å². The molecule has 0 radical (unpaired) electrons. The van der Waals surface area contributed by atoms with Crippen LogP contribution in [-0.2, 0) is 4.79 Å². The Labute approximate surface area is 180 Å². The zero-order valence-electron chi connectivity index (χ0n) is 17.3. The van der Waals surface area contributed by atoms with Crippen LogP contribution in [0.4, 0.5) is 5.69 Å². The molecule has 8 nitrogen and oxygen atoms in total. The second-order valence-electron chi connectivity index (χ2n) is 7.53. The van der Waals surface area contributed by atoms with Crippen LogP contribution in [0.1, 0.15) is 25.5 Å². The van der Waals surface area contributed by atoms with Gasteiger partial charge in [-0.05, 0) is 32.0 Å². The largest absolute Gasteiger partial charge is 0.474 e. The first-order valence-electron chi connectivity index (χ1n) is 9.32. The quantitative estimate of drug-likeness (QED) is 0.760. The van der Waals surface area contributed by atoms with Gasteiger partial charge < -0.3 is 21.1 Å². The number of hydrogen-bond acceptors (Lipinski definition) is 7. The van der Waals surface area contributed by atoms with E-state index in [2.05, 4.69) is 9.98 Å². The molecular weight excluding hydrogens is 404 g/mol. The molecule has 0 fully saturated rings. The molecule has 9 heteroatoms. The smallest absolute Gasteiger partial charge is 0.267 e. The number of amides is 1. The van der Waals surface area contributed by atoms with Crippen molar-refractivity contribution < 1.29 is 9.53 Å². The van der Waals surface area contributed by atoms with Crippen molar-refractivity contribution in [3.63, 3.8) is 0 Å². The lowest BCUT2D eigenvalue weighted by atomic mass is 10.1. The summed E-state index contributed by atoms with van der Waals surface area (Å²) in [4.78, 5) is 24.3. The van der Waals surface area contributed by atoms with Gasteiger partial charge in [-0.2, -0.15) is 4.99 Å². The molecule has 0 saturated heterocycles. The fourth-order valence-corrected chi connectivity index (χ4v) is 3.45. The Morgan fingerprint density at radius 1 is 1.17 bits per heavy atom. The highest BCUT2D eigenvalue weighted by molar-refractivity contribution is 6.32. The van der Waals surface area contributed by atoms with E-state index in [1.165, 1.54) is 4.90 Å². The maximum atomic E-state index is 12.7. The Kier molecular flexibility index (Phi) is 5.89. The van der Waals surface area contributed by atoms with Crippen LogP contribution in [0.15, 0.2) is 58.5 Å². The van der Waals surface area contributed by atoms with Crippen LogP contribution in [-0.4, -0.2) is 42.5 Å². The van der Waals surface area contributed by atoms with Crippen LogP contribution in [0.25, 0.3) is 0 Å². The number of ether oxygens (including phenoxy) is 1. The fourth-order valence-electron chi connectivity index (χ4n) is 3.23. The predicted octanol–water partition coefficient (Wildman–Crippen LogP) is 2.73. The third kappa shape index (κ3) is 4.33. The van der Waals surface area contributed by atoms with Crippen LogP contribution < -0.4 is 21.1 Å². The van der Waals surface area contributed by atoms with Gasteiger partial charge >= 0.3 is 0 Å². The van der Waals surface area contributed by atoms with Gasteiger partial charge in [-0.25, -0.2) is 4.99 Å². The van der Waals surface area contributed by atoms with E-state index in [4.69, 9.17) is 27.8 Å². The minimum Gasteiger partial charge on any atom is -0.474 e. The molecule has 158 valence electrons. The molecule has 2 aromatic carbocycles. The molecule has 1 unspecified atom stereocenters. The third-order valence-corrected chi connectivity index (χ3v) is 4.87. The Balaban J connectivity index is 1.93. The van der Waals surface area contributed by atoms with Crippen molar-refractivity contribution in [2.75, 3.05) is 19.0 Å². The molecule has 30 heavy (non-hydrogen) atoms. The van der Waals surface area contributed by atoms with Crippen LogP contribution in [0.2, 0.25) is 5.02 Å². The first kappa shape index (κ1) is 21.4. The van der Waals surface area contributed by atoms with Gasteiger partial charge in [0.25, 0.3) is 5.91 Å². The first-order valence-corrected chi connectivity index (χ1v) is 9.70. The molecule has 0 bridgehead atoms. The van der Waals surface area contributed by atoms with Crippen molar-refractivity contribution >= 4 is 35.1 Å². The second kappa shape index (κ2) is 8.23. The van der Waals surface area contributed by atoms with E-state index in [1.807, 2.05) is 44.2 Å². The van der Waals surface area contributed by atoms with Crippen molar-refractivity contribution in [2.24, 2.45) is 21.5 Å². The van der Waals surface area contributed by atoms with Gasteiger partial charge in [0.05, 0.1) is 5.02 Å². The number of rotatable bonds is 5. The van der Waals surface area contributed by atoms with Crippen molar-refractivity contribution in [1.29, 1.82) is 0 Å². The van der Waals surface area contributed by atoms with E-state index in [1.54, 1.807) is 37.2 Å². The summed E-state index contributed by atoms with van der Waals surface area (Å²) in [5.74, 6) is 0.507. The number of likely N-dealkylation sites (N-methyl/N-ethyl adjacent to an activating group) is 1. The first-order chi connectivity index (χ1) is 14.1. The Morgan fingerprint density at radius 3 is 2.40 bits per heavy atom. The number of guanidine groups is 2. The number of nitrogens with two attached hydrogens (primary N) is 2. The molecule has 0 aliphatic carbocycles. The number of benzene rings is 2. The molecule has 0 saturated carbocycles. The summed E-state index contributed by atoms with van der Waals surface area (Å²) < 4.78 is 6.04. The number of anilines is 1. The lowest BCUT2D eigenvalue weighted by Gasteiger charge is -2.38. The highest BCUT2D eigenvalue weighted by Crippen LogP contribution is 2.36. The van der Waals surface area contributed by atoms with Crippen LogP contribution in [0.3, 0.4) is 0 Å². The number of carbonyl (C=O) groups excluding carboxylic acids is 1. The van der Waals surface area contributed by atoms with E-state index < -0.39 is 11.8 Å². The fraction of sp³-hybridized carbons (Fsp3) is 0.286. The van der Waals surface area contributed by atoms with Crippen LogP contribution in [0.5, 0.6) is 5.75 Å². The summed E-state index contributed by atoms with van der Waals surface area (Å²) in [6, 6.07) is 14.4. The van der Waals surface area contributed by atoms with Gasteiger partial charge in [-0.3, -0.25) is 9.69 Å². The van der Waals surface area contributed by atoms with Gasteiger partial charge in [0.2, 0.25) is 18.0 Å². The van der Waals surface area contributed by atoms with E-state index in [0.29, 0.717) is 16.5 Å². The Bertz CT molecular complexity index is 1000. The van der Waals surface area contributed by atoms with Gasteiger partial charge in [0.15, 0.2) is 0 Å². The molecule has 1 atom stereocenters. The zero-order valence-corrected chi connectivity index (χ0v) is 18.1. The van der Waals surface area contributed by atoms with E-state index >= 15 is 0 Å². The number of aliphatic imine (C=N–C) groups is 2. The second-order valence-corrected chi connectivity index (χ2v) is 7.93. The summed E-state index contributed by atoms with van der Waals surface area (Å²) in [5, 5.41) is 0.325. The molecule has 1 aliphatic heterocycles. The van der Waals surface area contributed by atoms with Crippen LogP contribution in [0, 0.1) is 0 Å². The summed E-state index contributed by atoms with van der Waals surface area (Å²) in [5.41, 5.74) is 12.5. The van der Waals surface area contributed by atoms with Crippen molar-refractivity contribution in [3.05, 3.63) is 59.1 Å². The lowest BCUT2D eigenvalue weighted by Crippen LogP contribution is -2.54. The molecule has 0 spiro atoms. The maximum absolute atomic E-state index is 12.7. The standard InChI is InChI=1S/C21H25ClN6O2/c1-21(2)26-19(23)25-20(24)28(21)14-10-11-16(15(22)12-14)30-17(18(29)27(3)4)13-8-6-5-7-9-13/h5-12,17H,1-4H3,(H4,23,24,25,26). The minimum absolute atomic E-state index is 0.118. The van der Waals surface area contributed by atoms with Gasteiger partial charge in [-0.1, -0.05) is 41.9 Å². The number of hydrogen-bond donors (Lipinski definition) is 2. The maximum Gasteiger partial charge on any atom is 0.267 e. The van der Waals surface area contributed by atoms with E-state index in [0.717, 1.165) is 5.56 Å². The monoisotopic (exact) mass is 428 g/mol. The third-order valence-electron chi connectivity index (χ3n) is 4.58. The van der Waals surface area contributed by atoms with Crippen LogP contribution >= 0.6 is 11.6 Å². The van der Waals surface area contributed by atoms with Crippen molar-refractivity contribution in [1.82, 2.24) is 4.90 Å². The average Bonchev–Trinajstić information content (AvgIpc) is 2.66. The Morgan fingerprint density at radius 2 is 1.83 bits per heavy atom. The minimum atomic E-state index is -0.827. The van der Waals surface area contributed by atoms with E-state index in [-0.39, 0.29) is 17.8 Å². The molecule has 1 aliphatic rings. The summed E-state index contributed by atoms with van der Waals surface area (Å²) >= 11 is 6.52. The van der Waals surface area contributed by atoms with E-state index in [9.17, 15) is 4.79 Å². The summed E-state index contributed by atoms with van der Waals surface area (Å²) in [6.45, 7) is 3.72. The van der Waals surface area contributed by atoms with Crippen molar-refractivity contribution in [3.8, 4) is 5.75 Å². The van der Waals surface area contributed by atoms with Gasteiger partial charge in [0.1, 0.15) is 11.4 Å². The number of carbonyl (C=O) groups is 1. The molecule has 3 rings (SSSR count). The lowest BCUT2D eigenvalue weighted by molar-refractivity contribution is -0.136. The molecule has 4 N–H and O–H groups in total. The Hall–Kier alpha value is -3.26. The summed E-state index contributed by atoms with van der Waals surface area (Å²) in [7, 11) is 3.36. The number of nitrogens with zero attached hydrogens (tertiary/aromatic N) is 4. The van der Waals surface area contributed by atoms with Gasteiger partial charge in [-0.15, -0.1) is 0 Å². The number of halogens is 1. The molecule has 1 amide bonds. The summed E-state index contributed by atoms with van der Waals surface area (Å²) in [6.07, 6.45) is -0.827. The van der Waals surface area contributed by atoms with Gasteiger partial charge in [0, 0.05) is 25.3 Å². The molecule has 2 aromatic rings. The normalized spacial score (nSPS) is 16.4. The highest BCUT2D eigenvalue weighted by atomic mass is 35.5. The highest BCUT2D eigenvalue weighted by Gasteiger charge is 2.33. The zero-order chi connectivity index (χ0) is 22.1. The average molecular weight is 429 g/mol. The topological polar surface area (TPSA) is 110 Å². The molecule has 1 heterocycles. The molecular formula is C21H25ClN6O2. The predicted molar refractivity (Wildman–Crippen MR) is 120 cm³/mol.